The Morgan fingerprint density at radius 1 is 1.00 bits per heavy atom. The molecule has 4 aromatic rings. The third-order valence-corrected chi connectivity index (χ3v) is 7.21. The Kier molecular flexibility index (Phi) is 6.77. The minimum absolute atomic E-state index is 0.0422. The van der Waals surface area contributed by atoms with Gasteiger partial charge in [0.15, 0.2) is 5.16 Å². The number of benzene rings is 3. The number of rotatable bonds is 7. The van der Waals surface area contributed by atoms with E-state index in [2.05, 4.69) is 11.4 Å². The summed E-state index contributed by atoms with van der Waals surface area (Å²) < 4.78 is 1.74. The molecule has 1 aliphatic carbocycles. The van der Waals surface area contributed by atoms with Crippen molar-refractivity contribution in [1.29, 1.82) is 0 Å². The van der Waals surface area contributed by atoms with Crippen molar-refractivity contribution in [1.82, 2.24) is 9.55 Å². The van der Waals surface area contributed by atoms with Gasteiger partial charge in [-0.1, -0.05) is 65.9 Å². The standard InChI is InChI=1S/C28H27N3O2S/c32-26(29-23-15-14-21-10-4-5-11-22(21)18-23)19-34-28-30-25-13-7-6-12-24(25)27(33)31(28)17-16-20-8-2-1-3-9-20/h4-8,10-15,18H,1-3,9,16-17,19H2,(H,29,32). The van der Waals surface area contributed by atoms with E-state index in [0.717, 1.165) is 35.7 Å². The first-order chi connectivity index (χ1) is 16.7. The van der Waals surface area contributed by atoms with Crippen LogP contribution in [0, 0.1) is 0 Å². The zero-order chi connectivity index (χ0) is 23.3. The number of carbonyl (C=O) groups excluding carboxylic acids is 1. The largest absolute Gasteiger partial charge is 0.325 e. The minimum Gasteiger partial charge on any atom is -0.325 e. The number of amides is 1. The van der Waals surface area contributed by atoms with Crippen molar-refractivity contribution in [3.8, 4) is 0 Å². The molecule has 1 heterocycles. The van der Waals surface area contributed by atoms with Crippen molar-refractivity contribution in [2.24, 2.45) is 0 Å². The summed E-state index contributed by atoms with van der Waals surface area (Å²) in [6, 6.07) is 21.4. The number of thioether (sulfide) groups is 1. The highest BCUT2D eigenvalue weighted by Crippen LogP contribution is 2.24. The number of anilines is 1. The number of nitrogens with one attached hydrogen (secondary N) is 1. The summed E-state index contributed by atoms with van der Waals surface area (Å²) in [5.74, 6) is 0.0598. The lowest BCUT2D eigenvalue weighted by Crippen LogP contribution is -2.24. The minimum atomic E-state index is -0.121. The average Bonchev–Trinajstić information content (AvgIpc) is 2.87. The van der Waals surface area contributed by atoms with Gasteiger partial charge in [0, 0.05) is 12.2 Å². The van der Waals surface area contributed by atoms with Crippen LogP contribution in [0.4, 0.5) is 5.69 Å². The topological polar surface area (TPSA) is 64.0 Å². The SMILES string of the molecule is O=C(CSc1nc2ccccc2c(=O)n1CCC1=CCCCC1)Nc1ccc2ccccc2c1. The van der Waals surface area contributed by atoms with E-state index in [9.17, 15) is 9.59 Å². The second-order valence-corrected chi connectivity index (χ2v) is 9.57. The summed E-state index contributed by atoms with van der Waals surface area (Å²) in [6.07, 6.45) is 7.84. The predicted octanol–water partition coefficient (Wildman–Crippen LogP) is 6.17. The molecule has 1 N–H and O–H groups in total. The number of para-hydroxylation sites is 1. The van der Waals surface area contributed by atoms with E-state index in [1.54, 1.807) is 4.57 Å². The fourth-order valence-electron chi connectivity index (χ4n) is 4.44. The van der Waals surface area contributed by atoms with Gasteiger partial charge in [0.05, 0.1) is 16.7 Å². The summed E-state index contributed by atoms with van der Waals surface area (Å²) >= 11 is 1.31. The number of hydrogen-bond donors (Lipinski definition) is 1. The smallest absolute Gasteiger partial charge is 0.262 e. The lowest BCUT2D eigenvalue weighted by Gasteiger charge is -2.16. The summed E-state index contributed by atoms with van der Waals surface area (Å²) in [5.41, 5.74) is 2.80. The van der Waals surface area contributed by atoms with E-state index in [1.165, 1.54) is 30.2 Å². The van der Waals surface area contributed by atoms with Gasteiger partial charge in [0.25, 0.3) is 5.56 Å². The van der Waals surface area contributed by atoms with Gasteiger partial charge in [-0.3, -0.25) is 14.2 Å². The van der Waals surface area contributed by atoms with E-state index < -0.39 is 0 Å². The molecule has 0 unspecified atom stereocenters. The van der Waals surface area contributed by atoms with Crippen LogP contribution in [0.15, 0.2) is 88.3 Å². The van der Waals surface area contributed by atoms with E-state index in [0.29, 0.717) is 22.6 Å². The molecule has 6 heteroatoms. The van der Waals surface area contributed by atoms with Crippen molar-refractivity contribution < 1.29 is 4.79 Å². The third-order valence-electron chi connectivity index (χ3n) is 6.23. The maximum Gasteiger partial charge on any atom is 0.262 e. The lowest BCUT2D eigenvalue weighted by atomic mass is 9.97. The van der Waals surface area contributed by atoms with Crippen LogP contribution in [-0.2, 0) is 11.3 Å². The molecule has 0 aliphatic heterocycles. The van der Waals surface area contributed by atoms with Crippen molar-refractivity contribution in [2.45, 2.75) is 43.8 Å². The molecular weight excluding hydrogens is 442 g/mol. The zero-order valence-corrected chi connectivity index (χ0v) is 19.8. The van der Waals surface area contributed by atoms with Crippen molar-refractivity contribution in [3.63, 3.8) is 0 Å². The van der Waals surface area contributed by atoms with Gasteiger partial charge >= 0.3 is 0 Å². The first-order valence-corrected chi connectivity index (χ1v) is 12.7. The van der Waals surface area contributed by atoms with Gasteiger partial charge in [0.2, 0.25) is 5.91 Å². The quantitative estimate of drug-likeness (QED) is 0.200. The van der Waals surface area contributed by atoms with E-state index in [1.807, 2.05) is 66.7 Å². The molecule has 1 aromatic heterocycles. The number of aromatic nitrogens is 2. The molecule has 0 fully saturated rings. The van der Waals surface area contributed by atoms with Crippen LogP contribution in [0.1, 0.15) is 32.1 Å². The first-order valence-electron chi connectivity index (χ1n) is 11.8. The number of nitrogens with zero attached hydrogens (tertiary/aromatic N) is 2. The fraction of sp³-hybridized carbons (Fsp3) is 0.250. The summed E-state index contributed by atoms with van der Waals surface area (Å²) in [5, 5.41) is 6.39. The molecule has 5 rings (SSSR count). The van der Waals surface area contributed by atoms with Crippen LogP contribution in [0.2, 0.25) is 0 Å². The van der Waals surface area contributed by atoms with E-state index in [-0.39, 0.29) is 17.2 Å². The van der Waals surface area contributed by atoms with Gasteiger partial charge < -0.3 is 5.32 Å². The van der Waals surface area contributed by atoms with Gasteiger partial charge in [-0.25, -0.2) is 4.98 Å². The molecule has 3 aromatic carbocycles. The molecule has 0 saturated heterocycles. The van der Waals surface area contributed by atoms with Crippen molar-refractivity contribution in [3.05, 3.63) is 88.7 Å². The number of hydrogen-bond acceptors (Lipinski definition) is 4. The molecule has 0 spiro atoms. The predicted molar refractivity (Wildman–Crippen MR) is 140 cm³/mol. The van der Waals surface area contributed by atoms with E-state index in [4.69, 9.17) is 4.98 Å². The Hall–Kier alpha value is -3.38. The Balaban J connectivity index is 1.34. The van der Waals surface area contributed by atoms with Gasteiger partial charge in [-0.05, 0) is 67.1 Å². The molecule has 5 nitrogen and oxygen atoms in total. The number of fused-ring (bicyclic) bond motifs is 2. The molecule has 0 bridgehead atoms. The fourth-order valence-corrected chi connectivity index (χ4v) is 5.26. The van der Waals surface area contributed by atoms with Crippen LogP contribution in [-0.4, -0.2) is 21.2 Å². The van der Waals surface area contributed by atoms with E-state index >= 15 is 0 Å². The second kappa shape index (κ2) is 10.3. The molecule has 172 valence electrons. The molecular formula is C28H27N3O2S. The van der Waals surface area contributed by atoms with Crippen LogP contribution in [0.3, 0.4) is 0 Å². The second-order valence-electron chi connectivity index (χ2n) is 8.63. The normalized spacial score (nSPS) is 13.7. The molecule has 1 amide bonds. The summed E-state index contributed by atoms with van der Waals surface area (Å²) in [6.45, 7) is 0.580. The number of allylic oxidation sites excluding steroid dienone is 2. The van der Waals surface area contributed by atoms with Crippen LogP contribution in [0.25, 0.3) is 21.7 Å². The lowest BCUT2D eigenvalue weighted by molar-refractivity contribution is -0.113. The van der Waals surface area contributed by atoms with Crippen LogP contribution < -0.4 is 10.9 Å². The molecule has 0 radical (unpaired) electrons. The molecule has 1 aliphatic rings. The van der Waals surface area contributed by atoms with Crippen LogP contribution in [0.5, 0.6) is 0 Å². The highest BCUT2D eigenvalue weighted by molar-refractivity contribution is 7.99. The molecule has 34 heavy (non-hydrogen) atoms. The Morgan fingerprint density at radius 3 is 2.68 bits per heavy atom. The van der Waals surface area contributed by atoms with Gasteiger partial charge in [0.1, 0.15) is 0 Å². The highest BCUT2D eigenvalue weighted by Gasteiger charge is 2.14. The third kappa shape index (κ3) is 5.07. The van der Waals surface area contributed by atoms with Crippen molar-refractivity contribution in [2.75, 3.05) is 11.1 Å². The Morgan fingerprint density at radius 2 is 1.82 bits per heavy atom. The van der Waals surface area contributed by atoms with Crippen LogP contribution >= 0.6 is 11.8 Å². The zero-order valence-electron chi connectivity index (χ0n) is 19.0. The maximum absolute atomic E-state index is 13.3. The molecule has 0 saturated carbocycles. The van der Waals surface area contributed by atoms with Crippen molar-refractivity contribution >= 4 is 45.0 Å². The Bertz CT molecular complexity index is 1440. The van der Waals surface area contributed by atoms with Gasteiger partial charge in [-0.15, -0.1) is 0 Å². The monoisotopic (exact) mass is 469 g/mol. The average molecular weight is 470 g/mol. The highest BCUT2D eigenvalue weighted by atomic mass is 32.2. The summed E-state index contributed by atoms with van der Waals surface area (Å²) in [7, 11) is 0. The first kappa shape index (κ1) is 22.4. The number of carbonyl (C=O) groups is 1. The summed E-state index contributed by atoms with van der Waals surface area (Å²) in [4.78, 5) is 30.7. The van der Waals surface area contributed by atoms with Gasteiger partial charge in [-0.2, -0.15) is 0 Å². The Labute approximate surface area is 202 Å². The maximum atomic E-state index is 13.3. The molecule has 0 atom stereocenters.